The van der Waals surface area contributed by atoms with Gasteiger partial charge in [0.1, 0.15) is 0 Å². The maximum atomic E-state index is 11.2. The molecule has 0 saturated carbocycles. The Morgan fingerprint density at radius 3 is 2.35 bits per heavy atom. The first-order valence-electron chi connectivity index (χ1n) is 5.13. The zero-order chi connectivity index (χ0) is 10.7. The van der Waals surface area contributed by atoms with E-state index in [0.717, 1.165) is 31.9 Å². The molecule has 1 heterocycles. The fourth-order valence-corrected chi connectivity index (χ4v) is 1.86. The van der Waals surface area contributed by atoms with Crippen molar-refractivity contribution in [2.75, 3.05) is 31.1 Å². The van der Waals surface area contributed by atoms with Crippen molar-refractivity contribution >= 4 is 36.4 Å². The van der Waals surface area contributed by atoms with E-state index in [-0.39, 0.29) is 30.7 Å². The Morgan fingerprint density at radius 1 is 1.18 bits per heavy atom. The van der Waals surface area contributed by atoms with Gasteiger partial charge >= 0.3 is 0 Å². The largest absolute Gasteiger partial charge is 0.368 e. The standard InChI is InChI=1S/C11H15N3O.2ClH/c12-11(15)9-3-1-2-4-10(9)14-7-5-13-6-8-14;;/h1-4,13H,5-8H2,(H2,12,15);2*1H. The van der Waals surface area contributed by atoms with Gasteiger partial charge in [-0.05, 0) is 12.1 Å². The molecule has 1 fully saturated rings. The van der Waals surface area contributed by atoms with Crippen molar-refractivity contribution in [3.63, 3.8) is 0 Å². The molecule has 1 aromatic rings. The Labute approximate surface area is 113 Å². The van der Waals surface area contributed by atoms with Gasteiger partial charge in [-0.15, -0.1) is 24.8 Å². The van der Waals surface area contributed by atoms with Crippen LogP contribution < -0.4 is 16.0 Å². The maximum Gasteiger partial charge on any atom is 0.250 e. The van der Waals surface area contributed by atoms with Crippen molar-refractivity contribution in [1.82, 2.24) is 5.32 Å². The lowest BCUT2D eigenvalue weighted by atomic mass is 10.1. The molecule has 0 bridgehead atoms. The molecule has 3 N–H and O–H groups in total. The second-order valence-electron chi connectivity index (χ2n) is 3.62. The van der Waals surface area contributed by atoms with Gasteiger partial charge in [-0.2, -0.15) is 0 Å². The average Bonchev–Trinajstić information content (AvgIpc) is 2.30. The molecule has 0 spiro atoms. The molecule has 0 atom stereocenters. The number of piperazine rings is 1. The van der Waals surface area contributed by atoms with Gasteiger partial charge in [0.25, 0.3) is 5.91 Å². The predicted octanol–water partition coefficient (Wildman–Crippen LogP) is 1.04. The Balaban J connectivity index is 0.00000128. The molecule has 17 heavy (non-hydrogen) atoms. The molecule has 0 radical (unpaired) electrons. The number of nitrogens with one attached hydrogen (secondary N) is 1. The molecule has 0 unspecified atom stereocenters. The molecular formula is C11H17Cl2N3O. The van der Waals surface area contributed by atoms with Crippen LogP contribution in [0.15, 0.2) is 24.3 Å². The van der Waals surface area contributed by atoms with Crippen molar-refractivity contribution < 1.29 is 4.79 Å². The number of amides is 1. The number of hydrogen-bond acceptors (Lipinski definition) is 3. The van der Waals surface area contributed by atoms with Crippen LogP contribution >= 0.6 is 24.8 Å². The van der Waals surface area contributed by atoms with Gasteiger partial charge in [0.15, 0.2) is 0 Å². The van der Waals surface area contributed by atoms with Crippen LogP contribution in [-0.4, -0.2) is 32.1 Å². The summed E-state index contributed by atoms with van der Waals surface area (Å²) in [6.07, 6.45) is 0. The van der Waals surface area contributed by atoms with E-state index < -0.39 is 0 Å². The summed E-state index contributed by atoms with van der Waals surface area (Å²) >= 11 is 0. The molecule has 96 valence electrons. The number of carbonyl (C=O) groups excluding carboxylic acids is 1. The Hall–Kier alpha value is -0.970. The minimum Gasteiger partial charge on any atom is -0.368 e. The summed E-state index contributed by atoms with van der Waals surface area (Å²) < 4.78 is 0. The molecule has 2 rings (SSSR count). The molecule has 6 heteroatoms. The van der Waals surface area contributed by atoms with E-state index >= 15 is 0 Å². The molecule has 1 aliphatic heterocycles. The first-order valence-corrected chi connectivity index (χ1v) is 5.13. The summed E-state index contributed by atoms with van der Waals surface area (Å²) in [5.74, 6) is -0.357. The van der Waals surface area contributed by atoms with Crippen LogP contribution in [0, 0.1) is 0 Å². The zero-order valence-corrected chi connectivity index (χ0v) is 11.0. The number of benzene rings is 1. The minimum absolute atomic E-state index is 0. The van der Waals surface area contributed by atoms with E-state index in [9.17, 15) is 4.79 Å². The molecule has 1 aromatic carbocycles. The number of carbonyl (C=O) groups is 1. The lowest BCUT2D eigenvalue weighted by Crippen LogP contribution is -2.44. The van der Waals surface area contributed by atoms with Gasteiger partial charge in [0.05, 0.1) is 5.56 Å². The first-order chi connectivity index (χ1) is 7.29. The third-order valence-electron chi connectivity index (χ3n) is 2.63. The Kier molecular flexibility index (Phi) is 6.95. The summed E-state index contributed by atoms with van der Waals surface area (Å²) in [5, 5.41) is 3.28. The predicted molar refractivity (Wildman–Crippen MR) is 74.5 cm³/mol. The second kappa shape index (κ2) is 7.37. The second-order valence-corrected chi connectivity index (χ2v) is 3.62. The number of primary amides is 1. The minimum atomic E-state index is -0.357. The number of anilines is 1. The van der Waals surface area contributed by atoms with Crippen molar-refractivity contribution in [3.05, 3.63) is 29.8 Å². The van der Waals surface area contributed by atoms with Crippen LogP contribution in [0.5, 0.6) is 0 Å². The Bertz CT molecular complexity index is 367. The van der Waals surface area contributed by atoms with E-state index in [1.54, 1.807) is 6.07 Å². The SMILES string of the molecule is Cl.Cl.NC(=O)c1ccccc1N1CCNCC1. The third kappa shape index (κ3) is 3.77. The van der Waals surface area contributed by atoms with Crippen LogP contribution in [0.1, 0.15) is 10.4 Å². The number of para-hydroxylation sites is 1. The van der Waals surface area contributed by atoms with E-state index in [0.29, 0.717) is 5.56 Å². The van der Waals surface area contributed by atoms with Gasteiger partial charge < -0.3 is 16.0 Å². The molecule has 0 aromatic heterocycles. The van der Waals surface area contributed by atoms with E-state index in [1.807, 2.05) is 18.2 Å². The van der Waals surface area contributed by atoms with Crippen LogP contribution in [0.3, 0.4) is 0 Å². The highest BCUT2D eigenvalue weighted by molar-refractivity contribution is 5.98. The van der Waals surface area contributed by atoms with Gasteiger partial charge in [-0.25, -0.2) is 0 Å². The highest BCUT2D eigenvalue weighted by Crippen LogP contribution is 2.19. The summed E-state index contributed by atoms with van der Waals surface area (Å²) in [5.41, 5.74) is 6.90. The summed E-state index contributed by atoms with van der Waals surface area (Å²) in [6.45, 7) is 3.74. The molecule has 4 nitrogen and oxygen atoms in total. The van der Waals surface area contributed by atoms with Crippen molar-refractivity contribution in [2.45, 2.75) is 0 Å². The molecule has 1 amide bonds. The van der Waals surface area contributed by atoms with E-state index in [2.05, 4.69) is 10.2 Å². The van der Waals surface area contributed by atoms with Crippen LogP contribution in [-0.2, 0) is 0 Å². The number of rotatable bonds is 2. The molecule has 1 aliphatic rings. The Morgan fingerprint density at radius 2 is 1.76 bits per heavy atom. The maximum absolute atomic E-state index is 11.2. The fourth-order valence-electron chi connectivity index (χ4n) is 1.86. The number of hydrogen-bond donors (Lipinski definition) is 2. The highest BCUT2D eigenvalue weighted by atomic mass is 35.5. The van der Waals surface area contributed by atoms with Crippen LogP contribution in [0.25, 0.3) is 0 Å². The molecular weight excluding hydrogens is 261 g/mol. The van der Waals surface area contributed by atoms with Gasteiger partial charge in [-0.3, -0.25) is 4.79 Å². The smallest absolute Gasteiger partial charge is 0.250 e. The lowest BCUT2D eigenvalue weighted by molar-refractivity contribution is 0.100. The number of nitrogens with two attached hydrogens (primary N) is 1. The summed E-state index contributed by atoms with van der Waals surface area (Å²) in [6, 6.07) is 7.50. The number of halogens is 2. The monoisotopic (exact) mass is 277 g/mol. The summed E-state index contributed by atoms with van der Waals surface area (Å²) in [4.78, 5) is 13.4. The highest BCUT2D eigenvalue weighted by Gasteiger charge is 2.15. The number of nitrogens with zero attached hydrogens (tertiary/aromatic N) is 1. The van der Waals surface area contributed by atoms with E-state index in [4.69, 9.17) is 5.73 Å². The van der Waals surface area contributed by atoms with Gasteiger partial charge in [0, 0.05) is 31.9 Å². The quantitative estimate of drug-likeness (QED) is 0.849. The van der Waals surface area contributed by atoms with Crippen molar-refractivity contribution in [3.8, 4) is 0 Å². The van der Waals surface area contributed by atoms with Gasteiger partial charge in [-0.1, -0.05) is 12.1 Å². The van der Waals surface area contributed by atoms with E-state index in [1.165, 1.54) is 0 Å². The molecule has 1 saturated heterocycles. The van der Waals surface area contributed by atoms with Crippen molar-refractivity contribution in [1.29, 1.82) is 0 Å². The topological polar surface area (TPSA) is 58.4 Å². The zero-order valence-electron chi connectivity index (χ0n) is 9.39. The van der Waals surface area contributed by atoms with Crippen molar-refractivity contribution in [2.24, 2.45) is 5.73 Å². The lowest BCUT2D eigenvalue weighted by Gasteiger charge is -2.30. The molecule has 0 aliphatic carbocycles. The fraction of sp³-hybridized carbons (Fsp3) is 0.364. The third-order valence-corrected chi connectivity index (χ3v) is 2.63. The first kappa shape index (κ1) is 16.0. The van der Waals surface area contributed by atoms with Crippen LogP contribution in [0.4, 0.5) is 5.69 Å². The summed E-state index contributed by atoms with van der Waals surface area (Å²) in [7, 11) is 0. The van der Waals surface area contributed by atoms with Crippen LogP contribution in [0.2, 0.25) is 0 Å². The normalized spacial score (nSPS) is 14.5. The average molecular weight is 278 g/mol. The van der Waals surface area contributed by atoms with Gasteiger partial charge in [0.2, 0.25) is 0 Å².